The van der Waals surface area contributed by atoms with Gasteiger partial charge in [0.1, 0.15) is 0 Å². The summed E-state index contributed by atoms with van der Waals surface area (Å²) in [6.07, 6.45) is -0.593. The molecule has 78 valence electrons. The van der Waals surface area contributed by atoms with Crippen molar-refractivity contribution in [3.05, 3.63) is 0 Å². The molecule has 0 aromatic rings. The third-order valence-corrected chi connectivity index (χ3v) is 0.553. The van der Waals surface area contributed by atoms with Crippen LogP contribution in [0.1, 0.15) is 12.8 Å². The second kappa shape index (κ2) is 9.85. The Kier molecular flexibility index (Phi) is 13.9. The van der Waals surface area contributed by atoms with Crippen LogP contribution in [-0.2, 0) is 14.2 Å². The van der Waals surface area contributed by atoms with E-state index in [0.717, 1.165) is 0 Å². The Morgan fingerprint density at radius 2 is 1.21 bits per heavy atom. The molecule has 14 heavy (non-hydrogen) atoms. The zero-order valence-corrected chi connectivity index (χ0v) is 10.1. The van der Waals surface area contributed by atoms with Crippen LogP contribution in [0.3, 0.4) is 0 Å². The molecule has 0 unspecified atom stereocenters. The number of carbonyl (C=O) groups is 2. The van der Waals surface area contributed by atoms with Crippen molar-refractivity contribution in [1.82, 2.24) is 0 Å². The minimum Gasteiger partial charge on any atom is -0.790 e. The first-order valence-corrected chi connectivity index (χ1v) is 4.31. The van der Waals surface area contributed by atoms with Gasteiger partial charge in [0.05, 0.1) is 20.7 Å². The fourth-order valence-corrected chi connectivity index (χ4v) is 0.214. The molecular formula is C4H7CaO8P. The smallest absolute Gasteiger partial charge is 0.790 e. The van der Waals surface area contributed by atoms with Gasteiger partial charge in [0.25, 0.3) is 0 Å². The fourth-order valence-electron chi connectivity index (χ4n) is 0.214. The van der Waals surface area contributed by atoms with Gasteiger partial charge in [-0.2, -0.15) is 0 Å². The average molecular weight is 254 g/mol. The second-order valence-electron chi connectivity index (χ2n) is 1.76. The minimum absolute atomic E-state index is 0. The van der Waals surface area contributed by atoms with E-state index in [4.69, 9.17) is 29.5 Å². The van der Waals surface area contributed by atoms with Crippen LogP contribution in [0.5, 0.6) is 0 Å². The monoisotopic (exact) mass is 254 g/mol. The van der Waals surface area contributed by atoms with Gasteiger partial charge in [-0.1, -0.05) is 0 Å². The summed E-state index contributed by atoms with van der Waals surface area (Å²) in [5.41, 5.74) is 0. The van der Waals surface area contributed by atoms with Crippen molar-refractivity contribution >= 4 is 57.5 Å². The van der Waals surface area contributed by atoms with Crippen molar-refractivity contribution in [3.63, 3.8) is 0 Å². The molecule has 0 radical (unpaired) electrons. The van der Waals surface area contributed by atoms with Crippen molar-refractivity contribution in [2.24, 2.45) is 0 Å². The number of hydrogen-bond donors (Lipinski definition) is 3. The Hall–Kier alpha value is 0.310. The summed E-state index contributed by atoms with van der Waals surface area (Å²) in [7, 11) is -5.14. The molecule has 0 bridgehead atoms. The van der Waals surface area contributed by atoms with Crippen LogP contribution in [0.25, 0.3) is 0 Å². The maximum absolute atomic E-state index is 9.64. The van der Waals surface area contributed by atoms with Crippen molar-refractivity contribution in [2.45, 2.75) is 12.8 Å². The van der Waals surface area contributed by atoms with Gasteiger partial charge in [-0.25, -0.2) is 0 Å². The van der Waals surface area contributed by atoms with E-state index in [0.29, 0.717) is 0 Å². The molecule has 0 aliphatic heterocycles. The summed E-state index contributed by atoms with van der Waals surface area (Å²) in [6, 6.07) is 0. The van der Waals surface area contributed by atoms with Crippen LogP contribution >= 0.6 is 7.82 Å². The number of rotatable bonds is 3. The molecule has 0 aromatic heterocycles. The van der Waals surface area contributed by atoms with E-state index >= 15 is 0 Å². The minimum atomic E-state index is -5.14. The summed E-state index contributed by atoms with van der Waals surface area (Å²) in [6.45, 7) is 0. The predicted molar refractivity (Wildman–Crippen MR) is 40.1 cm³/mol. The first-order valence-electron chi connectivity index (χ1n) is 2.81. The van der Waals surface area contributed by atoms with Gasteiger partial charge in [0.15, 0.2) is 0 Å². The quantitative estimate of drug-likeness (QED) is 0.364. The molecule has 0 aliphatic carbocycles. The molecule has 10 heteroatoms. The molecule has 0 atom stereocenters. The SMILES string of the molecule is O=C(O)CCC(=O)O.O=P([O-])([O-])O.[Ca+2]. The van der Waals surface area contributed by atoms with Gasteiger partial charge in [0.2, 0.25) is 0 Å². The maximum atomic E-state index is 9.64. The summed E-state index contributed by atoms with van der Waals surface area (Å²) in [4.78, 5) is 43.6. The average Bonchev–Trinajstić information content (AvgIpc) is 1.79. The summed E-state index contributed by atoms with van der Waals surface area (Å²) in [5.74, 6) is -2.15. The molecule has 0 amide bonds. The largest absolute Gasteiger partial charge is 2.00 e. The molecule has 0 heterocycles. The van der Waals surface area contributed by atoms with Gasteiger partial charge < -0.3 is 29.5 Å². The van der Waals surface area contributed by atoms with Crippen molar-refractivity contribution in [3.8, 4) is 0 Å². The summed E-state index contributed by atoms with van der Waals surface area (Å²) >= 11 is 0. The Labute approximate surface area is 109 Å². The van der Waals surface area contributed by atoms with Gasteiger partial charge in [-0.15, -0.1) is 0 Å². The predicted octanol–water partition coefficient (Wildman–Crippen LogP) is -2.64. The zero-order valence-electron chi connectivity index (χ0n) is 6.95. The van der Waals surface area contributed by atoms with Gasteiger partial charge in [-0.3, -0.25) is 9.59 Å². The molecule has 0 saturated heterocycles. The second-order valence-corrected chi connectivity index (χ2v) is 2.69. The van der Waals surface area contributed by atoms with Gasteiger partial charge in [-0.05, 0) is 0 Å². The molecule has 3 N–H and O–H groups in total. The van der Waals surface area contributed by atoms with Gasteiger partial charge in [0, 0.05) is 0 Å². The third-order valence-electron chi connectivity index (χ3n) is 0.553. The van der Waals surface area contributed by atoms with Crippen LogP contribution in [0, 0.1) is 0 Å². The van der Waals surface area contributed by atoms with E-state index in [2.05, 4.69) is 0 Å². The third kappa shape index (κ3) is 55.8. The number of phosphoric acid groups is 1. The van der Waals surface area contributed by atoms with E-state index in [1.54, 1.807) is 0 Å². The van der Waals surface area contributed by atoms with Crippen LogP contribution in [0.2, 0.25) is 0 Å². The molecule has 0 fully saturated rings. The van der Waals surface area contributed by atoms with Crippen LogP contribution < -0.4 is 9.79 Å². The molecule has 0 aliphatic rings. The van der Waals surface area contributed by atoms with Crippen molar-refractivity contribution < 1.29 is 39.0 Å². The topological polar surface area (TPSA) is 158 Å². The molecular weight excluding hydrogens is 247 g/mol. The van der Waals surface area contributed by atoms with Crippen molar-refractivity contribution in [2.75, 3.05) is 0 Å². The zero-order chi connectivity index (χ0) is 11.1. The number of hydrogen-bond acceptors (Lipinski definition) is 5. The standard InChI is InChI=1S/C4H6O4.Ca.H3O4P/c5-3(6)1-2-4(7)8;;1-5(2,3)4/h1-2H2,(H,5,6)(H,7,8);;(H3,1,2,3,4)/q;+2;/p-2. The van der Waals surface area contributed by atoms with Gasteiger partial charge >= 0.3 is 49.7 Å². The molecule has 0 aromatic carbocycles. The Morgan fingerprint density at radius 1 is 1.07 bits per heavy atom. The Balaban J connectivity index is -0.000000177. The number of carboxylic acids is 2. The van der Waals surface area contributed by atoms with E-state index < -0.39 is 19.8 Å². The van der Waals surface area contributed by atoms with E-state index in [1.165, 1.54) is 0 Å². The molecule has 8 nitrogen and oxygen atoms in total. The van der Waals surface area contributed by atoms with E-state index in [9.17, 15) is 9.59 Å². The first-order chi connectivity index (χ1) is 5.63. The Bertz CT molecular complexity index is 199. The maximum Gasteiger partial charge on any atom is 2.00 e. The molecule has 0 spiro atoms. The van der Waals surface area contributed by atoms with E-state index in [-0.39, 0.29) is 50.6 Å². The van der Waals surface area contributed by atoms with E-state index in [1.807, 2.05) is 0 Å². The summed E-state index contributed by atoms with van der Waals surface area (Å²) in [5, 5.41) is 15.8. The fraction of sp³-hybridized carbons (Fsp3) is 0.500. The van der Waals surface area contributed by atoms with Crippen LogP contribution in [-0.4, -0.2) is 64.8 Å². The normalized spacial score (nSPS) is 9.07. The molecule has 0 saturated carbocycles. The number of aliphatic carboxylic acids is 2. The Morgan fingerprint density at radius 3 is 1.29 bits per heavy atom. The molecule has 0 rings (SSSR count). The number of carboxylic acid groups (broad SMARTS) is 2. The van der Waals surface area contributed by atoms with Crippen LogP contribution in [0.4, 0.5) is 0 Å². The summed E-state index contributed by atoms with van der Waals surface area (Å²) < 4.78 is 8.66. The first kappa shape index (κ1) is 19.8. The van der Waals surface area contributed by atoms with Crippen molar-refractivity contribution in [1.29, 1.82) is 0 Å². The van der Waals surface area contributed by atoms with Crippen LogP contribution in [0.15, 0.2) is 0 Å².